The highest BCUT2D eigenvalue weighted by Gasteiger charge is 2.28. The van der Waals surface area contributed by atoms with E-state index < -0.39 is 0 Å². The lowest BCUT2D eigenvalue weighted by molar-refractivity contribution is -0.129. The number of carbonyl (C=O) groups excluding carboxylic acids is 2. The highest BCUT2D eigenvalue weighted by atomic mass is 16.2. The Morgan fingerprint density at radius 2 is 1.79 bits per heavy atom. The highest BCUT2D eigenvalue weighted by molar-refractivity contribution is 5.92. The molecule has 152 valence electrons. The van der Waals surface area contributed by atoms with Crippen LogP contribution < -0.4 is 10.2 Å². The average molecular weight is 392 g/mol. The molecule has 0 bridgehead atoms. The first kappa shape index (κ1) is 20.6. The maximum atomic E-state index is 12.8. The fourth-order valence-corrected chi connectivity index (χ4v) is 3.88. The number of hydrogen-bond donors (Lipinski definition) is 1. The average Bonchev–Trinajstić information content (AvgIpc) is 2.69. The summed E-state index contributed by atoms with van der Waals surface area (Å²) in [5, 5.41) is 2.97. The van der Waals surface area contributed by atoms with E-state index in [9.17, 15) is 9.59 Å². The smallest absolute Gasteiger partial charge is 0.226 e. The Balaban J connectivity index is 1.72. The molecule has 0 aromatic heterocycles. The monoisotopic (exact) mass is 391 g/mol. The van der Waals surface area contributed by atoms with Crippen molar-refractivity contribution in [2.24, 2.45) is 0 Å². The van der Waals surface area contributed by atoms with Gasteiger partial charge in [0.05, 0.1) is 12.5 Å². The number of rotatable bonds is 6. The molecule has 0 spiro atoms. The number of benzene rings is 2. The molecular formula is C24H29N3O2. The highest BCUT2D eigenvalue weighted by Crippen LogP contribution is 2.33. The first-order valence-corrected chi connectivity index (χ1v) is 10.1. The van der Waals surface area contributed by atoms with Gasteiger partial charge in [0.25, 0.3) is 0 Å². The Labute approximate surface area is 173 Å². The van der Waals surface area contributed by atoms with Gasteiger partial charge in [-0.3, -0.25) is 9.59 Å². The number of fused-ring (bicyclic) bond motifs is 1. The van der Waals surface area contributed by atoms with E-state index in [4.69, 9.17) is 0 Å². The largest absolute Gasteiger partial charge is 0.369 e. The second kappa shape index (κ2) is 8.95. The third-order valence-corrected chi connectivity index (χ3v) is 5.29. The zero-order valence-corrected chi connectivity index (χ0v) is 17.6. The van der Waals surface area contributed by atoms with E-state index in [0.29, 0.717) is 6.04 Å². The Morgan fingerprint density at radius 1 is 1.10 bits per heavy atom. The Morgan fingerprint density at radius 3 is 2.41 bits per heavy atom. The fraction of sp³-hybridized carbons (Fsp3) is 0.333. The molecule has 0 fully saturated rings. The molecule has 0 radical (unpaired) electrons. The van der Waals surface area contributed by atoms with Crippen molar-refractivity contribution in [2.75, 3.05) is 16.8 Å². The lowest BCUT2D eigenvalue weighted by Crippen LogP contribution is -2.33. The lowest BCUT2D eigenvalue weighted by Gasteiger charge is -2.32. The topological polar surface area (TPSA) is 52.7 Å². The van der Waals surface area contributed by atoms with Gasteiger partial charge in [0.15, 0.2) is 0 Å². The van der Waals surface area contributed by atoms with Crippen LogP contribution in [-0.4, -0.2) is 29.3 Å². The summed E-state index contributed by atoms with van der Waals surface area (Å²) >= 11 is 0. The standard InChI is InChI=1S/C24H29N3O2/c1-5-26(17(2)3)21-12-10-20(11-13-21)25-24(29)16-23-22-9-7-6-8-19(22)14-15-27(23)18(4)28/h6-15,17,23H,5,16H2,1-4H3,(H,25,29)/t23-/m0/s1. The Bertz CT molecular complexity index is 903. The summed E-state index contributed by atoms with van der Waals surface area (Å²) < 4.78 is 0. The normalized spacial score (nSPS) is 15.2. The van der Waals surface area contributed by atoms with Crippen LogP contribution in [0.15, 0.2) is 54.7 Å². The van der Waals surface area contributed by atoms with Gasteiger partial charge in [-0.1, -0.05) is 24.3 Å². The van der Waals surface area contributed by atoms with Crippen LogP contribution in [-0.2, 0) is 9.59 Å². The summed E-state index contributed by atoms with van der Waals surface area (Å²) in [6, 6.07) is 15.9. The molecule has 0 saturated heterocycles. The van der Waals surface area contributed by atoms with Crippen molar-refractivity contribution in [3.05, 3.63) is 65.9 Å². The van der Waals surface area contributed by atoms with Crippen molar-refractivity contribution in [3.63, 3.8) is 0 Å². The molecule has 1 N–H and O–H groups in total. The molecule has 0 aliphatic carbocycles. The first-order chi connectivity index (χ1) is 13.9. The minimum absolute atomic E-state index is 0.0775. The van der Waals surface area contributed by atoms with Gasteiger partial charge >= 0.3 is 0 Å². The molecule has 1 heterocycles. The van der Waals surface area contributed by atoms with Crippen LogP contribution in [0.3, 0.4) is 0 Å². The van der Waals surface area contributed by atoms with Gasteiger partial charge < -0.3 is 15.1 Å². The van der Waals surface area contributed by atoms with E-state index in [1.165, 1.54) is 6.92 Å². The first-order valence-electron chi connectivity index (χ1n) is 10.1. The molecule has 1 atom stereocenters. The predicted octanol–water partition coefficient (Wildman–Crippen LogP) is 4.82. The maximum Gasteiger partial charge on any atom is 0.226 e. The number of nitrogens with one attached hydrogen (secondary N) is 1. The zero-order chi connectivity index (χ0) is 21.0. The van der Waals surface area contributed by atoms with Crippen LogP contribution >= 0.6 is 0 Å². The minimum Gasteiger partial charge on any atom is -0.369 e. The molecule has 1 aliphatic rings. The predicted molar refractivity (Wildman–Crippen MR) is 119 cm³/mol. The molecule has 1 aliphatic heterocycles. The summed E-state index contributed by atoms with van der Waals surface area (Å²) in [6.45, 7) is 8.91. The molecule has 2 aromatic carbocycles. The van der Waals surface area contributed by atoms with Gasteiger partial charge in [-0.25, -0.2) is 0 Å². The third kappa shape index (κ3) is 4.67. The lowest BCUT2D eigenvalue weighted by atomic mass is 9.93. The number of anilines is 2. The van der Waals surface area contributed by atoms with Crippen molar-refractivity contribution in [1.29, 1.82) is 0 Å². The third-order valence-electron chi connectivity index (χ3n) is 5.29. The van der Waals surface area contributed by atoms with E-state index in [-0.39, 0.29) is 24.3 Å². The van der Waals surface area contributed by atoms with E-state index in [0.717, 1.165) is 29.0 Å². The molecule has 0 unspecified atom stereocenters. The van der Waals surface area contributed by atoms with Crippen LogP contribution in [0.4, 0.5) is 11.4 Å². The van der Waals surface area contributed by atoms with Gasteiger partial charge in [-0.15, -0.1) is 0 Å². The molecule has 3 rings (SSSR count). The molecule has 0 saturated carbocycles. The summed E-state index contributed by atoms with van der Waals surface area (Å²) in [7, 11) is 0. The number of amides is 2. The molecule has 5 nitrogen and oxygen atoms in total. The van der Waals surface area contributed by atoms with Crippen LogP contribution in [0.25, 0.3) is 6.08 Å². The van der Waals surface area contributed by atoms with Crippen molar-refractivity contribution < 1.29 is 9.59 Å². The number of carbonyl (C=O) groups is 2. The van der Waals surface area contributed by atoms with Crippen LogP contribution in [0.1, 0.15) is 51.3 Å². The summed E-state index contributed by atoms with van der Waals surface area (Å²) in [5.74, 6) is -0.193. The van der Waals surface area contributed by atoms with Crippen molar-refractivity contribution >= 4 is 29.3 Å². The summed E-state index contributed by atoms with van der Waals surface area (Å²) in [5.41, 5.74) is 3.92. The van der Waals surface area contributed by atoms with Crippen molar-refractivity contribution in [1.82, 2.24) is 4.90 Å². The fourth-order valence-electron chi connectivity index (χ4n) is 3.88. The molecule has 2 aromatic rings. The van der Waals surface area contributed by atoms with E-state index >= 15 is 0 Å². The van der Waals surface area contributed by atoms with Gasteiger partial charge in [-0.2, -0.15) is 0 Å². The SMILES string of the molecule is CCN(c1ccc(NC(=O)C[C@H]2c3ccccc3C=CN2C(C)=O)cc1)C(C)C. The maximum absolute atomic E-state index is 12.8. The Hall–Kier alpha value is -3.08. The summed E-state index contributed by atoms with van der Waals surface area (Å²) in [6.07, 6.45) is 3.89. The van der Waals surface area contributed by atoms with E-state index in [2.05, 4.69) is 31.0 Å². The molecular weight excluding hydrogens is 362 g/mol. The Kier molecular flexibility index (Phi) is 6.37. The number of hydrogen-bond acceptors (Lipinski definition) is 3. The van der Waals surface area contributed by atoms with E-state index in [1.54, 1.807) is 11.1 Å². The van der Waals surface area contributed by atoms with E-state index in [1.807, 2.05) is 54.6 Å². The van der Waals surface area contributed by atoms with Gasteiger partial charge in [-0.05, 0) is 62.2 Å². The van der Waals surface area contributed by atoms with Gasteiger partial charge in [0.2, 0.25) is 11.8 Å². The zero-order valence-electron chi connectivity index (χ0n) is 17.6. The van der Waals surface area contributed by atoms with Gasteiger partial charge in [0, 0.05) is 37.1 Å². The molecule has 5 heteroatoms. The van der Waals surface area contributed by atoms with Crippen LogP contribution in [0, 0.1) is 0 Å². The quantitative estimate of drug-likeness (QED) is 0.768. The van der Waals surface area contributed by atoms with Crippen molar-refractivity contribution in [3.8, 4) is 0 Å². The molecule has 29 heavy (non-hydrogen) atoms. The van der Waals surface area contributed by atoms with Gasteiger partial charge in [0.1, 0.15) is 0 Å². The molecule has 2 amide bonds. The van der Waals surface area contributed by atoms with Crippen LogP contribution in [0.2, 0.25) is 0 Å². The second-order valence-corrected chi connectivity index (χ2v) is 7.57. The van der Waals surface area contributed by atoms with Crippen molar-refractivity contribution in [2.45, 2.75) is 46.2 Å². The second-order valence-electron chi connectivity index (χ2n) is 7.57. The minimum atomic E-state index is -0.301. The summed E-state index contributed by atoms with van der Waals surface area (Å²) in [4.78, 5) is 28.8. The van der Waals surface area contributed by atoms with Crippen LogP contribution in [0.5, 0.6) is 0 Å². The number of nitrogens with zero attached hydrogens (tertiary/aromatic N) is 2.